The maximum atomic E-state index is 12.6. The number of carbonyl (C=O) groups is 2. The summed E-state index contributed by atoms with van der Waals surface area (Å²) >= 11 is 0. The zero-order chi connectivity index (χ0) is 17.4. The van der Waals surface area contributed by atoms with E-state index in [-0.39, 0.29) is 11.3 Å². The lowest BCUT2D eigenvalue weighted by Crippen LogP contribution is -2.35. The molecule has 1 aliphatic heterocycles. The smallest absolute Gasteiger partial charge is 0.282 e. The minimum atomic E-state index is -0.487. The highest BCUT2D eigenvalue weighted by Crippen LogP contribution is 2.27. The second kappa shape index (κ2) is 5.85. The zero-order valence-corrected chi connectivity index (χ0v) is 13.8. The maximum absolute atomic E-state index is 12.6. The number of phenolic OH excluding ortho intramolecular Hbond substituents is 1. The Morgan fingerprint density at radius 2 is 1.75 bits per heavy atom. The molecule has 122 valence electrons. The molecule has 1 aliphatic rings. The summed E-state index contributed by atoms with van der Waals surface area (Å²) in [5.41, 5.74) is 6.43. The third kappa shape index (κ3) is 2.65. The van der Waals surface area contributed by atoms with Gasteiger partial charge in [0.2, 0.25) is 0 Å². The van der Waals surface area contributed by atoms with E-state index in [1.807, 2.05) is 26.0 Å². The molecule has 1 fully saturated rings. The van der Waals surface area contributed by atoms with Crippen molar-refractivity contribution in [3.63, 3.8) is 0 Å². The number of benzene rings is 2. The van der Waals surface area contributed by atoms with Crippen LogP contribution in [0.2, 0.25) is 0 Å². The average Bonchev–Trinajstić information content (AvgIpc) is 2.82. The molecule has 1 heterocycles. The fourth-order valence-corrected chi connectivity index (χ4v) is 2.56. The fraction of sp³-hybridized carbons (Fsp3) is 0.158. The number of hydrazine groups is 1. The Kier molecular flexibility index (Phi) is 3.85. The number of anilines is 1. The van der Waals surface area contributed by atoms with Gasteiger partial charge >= 0.3 is 0 Å². The van der Waals surface area contributed by atoms with E-state index in [0.29, 0.717) is 16.8 Å². The SMILES string of the molecule is Cc1ccc(N2NC(=O)C(=Cc3cccc(C)c3O)C2=O)cc1C. The van der Waals surface area contributed by atoms with E-state index in [1.165, 1.54) is 11.1 Å². The number of phenols is 1. The van der Waals surface area contributed by atoms with Crippen LogP contribution in [0.4, 0.5) is 5.69 Å². The van der Waals surface area contributed by atoms with Crippen LogP contribution in [0.5, 0.6) is 5.75 Å². The lowest BCUT2D eigenvalue weighted by Gasteiger charge is -2.16. The zero-order valence-electron chi connectivity index (χ0n) is 13.8. The van der Waals surface area contributed by atoms with Crippen LogP contribution in [0.15, 0.2) is 42.0 Å². The lowest BCUT2D eigenvalue weighted by atomic mass is 10.1. The highest BCUT2D eigenvalue weighted by atomic mass is 16.3. The van der Waals surface area contributed by atoms with Crippen molar-refractivity contribution in [3.05, 3.63) is 64.2 Å². The van der Waals surface area contributed by atoms with Gasteiger partial charge in [-0.15, -0.1) is 0 Å². The number of hydrogen-bond acceptors (Lipinski definition) is 3. The van der Waals surface area contributed by atoms with Gasteiger partial charge in [-0.3, -0.25) is 15.0 Å². The van der Waals surface area contributed by atoms with Crippen molar-refractivity contribution in [2.45, 2.75) is 20.8 Å². The molecule has 2 aromatic carbocycles. The first-order chi connectivity index (χ1) is 11.4. The number of aryl methyl sites for hydroxylation is 3. The largest absolute Gasteiger partial charge is 0.507 e. The molecular formula is C19H18N2O3. The first kappa shape index (κ1) is 15.8. The standard InChI is InChI=1S/C19H18N2O3/c1-11-7-8-15(9-13(11)3)21-19(24)16(18(23)20-21)10-14-6-4-5-12(2)17(14)22/h4-10,22H,1-3H3,(H,20,23). The third-order valence-electron chi connectivity index (χ3n) is 4.21. The van der Waals surface area contributed by atoms with Gasteiger partial charge in [0, 0.05) is 5.56 Å². The number of nitrogens with zero attached hydrogens (tertiary/aromatic N) is 1. The van der Waals surface area contributed by atoms with E-state index in [1.54, 1.807) is 31.2 Å². The number of aromatic hydroxyl groups is 1. The molecule has 5 heteroatoms. The maximum Gasteiger partial charge on any atom is 0.282 e. The topological polar surface area (TPSA) is 69.6 Å². The molecule has 24 heavy (non-hydrogen) atoms. The van der Waals surface area contributed by atoms with Crippen molar-refractivity contribution in [3.8, 4) is 5.75 Å². The molecule has 3 rings (SSSR count). The minimum absolute atomic E-state index is 0.00544. The normalized spacial score (nSPS) is 16.0. The number of rotatable bonds is 2. The first-order valence-electron chi connectivity index (χ1n) is 7.61. The van der Waals surface area contributed by atoms with E-state index in [2.05, 4.69) is 5.43 Å². The molecule has 1 saturated heterocycles. The van der Waals surface area contributed by atoms with Gasteiger partial charge in [0.05, 0.1) is 5.69 Å². The second-order valence-electron chi connectivity index (χ2n) is 5.92. The molecule has 0 radical (unpaired) electrons. The minimum Gasteiger partial charge on any atom is -0.507 e. The molecule has 0 atom stereocenters. The number of hydrogen-bond donors (Lipinski definition) is 2. The summed E-state index contributed by atoms with van der Waals surface area (Å²) in [7, 11) is 0. The van der Waals surface area contributed by atoms with Crippen molar-refractivity contribution < 1.29 is 14.7 Å². The summed E-state index contributed by atoms with van der Waals surface area (Å²) < 4.78 is 0. The molecule has 0 bridgehead atoms. The molecule has 2 N–H and O–H groups in total. The van der Waals surface area contributed by atoms with Crippen molar-refractivity contribution in [2.75, 3.05) is 5.01 Å². The van der Waals surface area contributed by atoms with Gasteiger partial charge in [0.25, 0.3) is 11.8 Å². The van der Waals surface area contributed by atoms with Crippen LogP contribution in [-0.4, -0.2) is 16.9 Å². The van der Waals surface area contributed by atoms with Crippen molar-refractivity contribution >= 4 is 23.6 Å². The Morgan fingerprint density at radius 3 is 2.46 bits per heavy atom. The molecule has 0 unspecified atom stereocenters. The van der Waals surface area contributed by atoms with E-state index in [9.17, 15) is 14.7 Å². The molecule has 0 aromatic heterocycles. The Morgan fingerprint density at radius 1 is 1.00 bits per heavy atom. The Labute approximate surface area is 140 Å². The quantitative estimate of drug-likeness (QED) is 0.660. The van der Waals surface area contributed by atoms with Gasteiger partial charge in [0.1, 0.15) is 11.3 Å². The molecule has 2 amide bonds. The average molecular weight is 322 g/mol. The monoisotopic (exact) mass is 322 g/mol. The van der Waals surface area contributed by atoms with Crippen LogP contribution in [0.25, 0.3) is 6.08 Å². The molecule has 0 saturated carbocycles. The van der Waals surface area contributed by atoms with Gasteiger partial charge in [-0.05, 0) is 55.7 Å². The van der Waals surface area contributed by atoms with Crippen molar-refractivity contribution in [2.24, 2.45) is 0 Å². The first-order valence-corrected chi connectivity index (χ1v) is 7.61. The second-order valence-corrected chi connectivity index (χ2v) is 5.92. The number of para-hydroxylation sites is 1. The summed E-state index contributed by atoms with van der Waals surface area (Å²) in [5.74, 6) is -0.862. The van der Waals surface area contributed by atoms with Crippen molar-refractivity contribution in [1.82, 2.24) is 5.43 Å². The van der Waals surface area contributed by atoms with Gasteiger partial charge in [0.15, 0.2) is 0 Å². The van der Waals surface area contributed by atoms with Crippen LogP contribution in [-0.2, 0) is 9.59 Å². The summed E-state index contributed by atoms with van der Waals surface area (Å²) in [6.07, 6.45) is 1.42. The Hall–Kier alpha value is -3.08. The van der Waals surface area contributed by atoms with Gasteiger partial charge < -0.3 is 5.11 Å². The summed E-state index contributed by atoms with van der Waals surface area (Å²) in [6.45, 7) is 5.69. The number of nitrogens with one attached hydrogen (secondary N) is 1. The summed E-state index contributed by atoms with van der Waals surface area (Å²) in [4.78, 5) is 24.8. The highest BCUT2D eigenvalue weighted by Gasteiger charge is 2.34. The number of amides is 2. The molecule has 2 aromatic rings. The van der Waals surface area contributed by atoms with E-state index < -0.39 is 11.8 Å². The van der Waals surface area contributed by atoms with E-state index >= 15 is 0 Å². The predicted molar refractivity (Wildman–Crippen MR) is 92.4 cm³/mol. The molecule has 0 spiro atoms. The predicted octanol–water partition coefficient (Wildman–Crippen LogP) is 2.78. The van der Waals surface area contributed by atoms with Gasteiger partial charge in [-0.1, -0.05) is 24.3 Å². The van der Waals surface area contributed by atoms with E-state index in [0.717, 1.165) is 11.1 Å². The van der Waals surface area contributed by atoms with Gasteiger partial charge in [-0.2, -0.15) is 0 Å². The van der Waals surface area contributed by atoms with Crippen LogP contribution in [0.1, 0.15) is 22.3 Å². The van der Waals surface area contributed by atoms with Crippen LogP contribution >= 0.6 is 0 Å². The van der Waals surface area contributed by atoms with Gasteiger partial charge in [-0.25, -0.2) is 5.01 Å². The van der Waals surface area contributed by atoms with Crippen LogP contribution in [0.3, 0.4) is 0 Å². The van der Waals surface area contributed by atoms with E-state index in [4.69, 9.17) is 0 Å². The molecule has 5 nitrogen and oxygen atoms in total. The Bertz CT molecular complexity index is 884. The summed E-state index contributed by atoms with van der Waals surface area (Å²) in [6, 6.07) is 10.7. The molecular weight excluding hydrogens is 304 g/mol. The van der Waals surface area contributed by atoms with Crippen LogP contribution in [0, 0.1) is 20.8 Å². The molecule has 0 aliphatic carbocycles. The van der Waals surface area contributed by atoms with Crippen molar-refractivity contribution in [1.29, 1.82) is 0 Å². The number of carbonyl (C=O) groups excluding carboxylic acids is 2. The van der Waals surface area contributed by atoms with Crippen LogP contribution < -0.4 is 10.4 Å². The fourth-order valence-electron chi connectivity index (χ4n) is 2.56. The summed E-state index contributed by atoms with van der Waals surface area (Å²) in [5, 5.41) is 11.3. The lowest BCUT2D eigenvalue weighted by molar-refractivity contribution is -0.117. The Balaban J connectivity index is 1.98. The highest BCUT2D eigenvalue weighted by molar-refractivity contribution is 6.31. The third-order valence-corrected chi connectivity index (χ3v) is 4.21.